The molecule has 0 unspecified atom stereocenters. The Balaban J connectivity index is 2.35. The van der Waals surface area contributed by atoms with Crippen LogP contribution < -0.4 is 15.4 Å². The molecule has 5 nitrogen and oxygen atoms in total. The summed E-state index contributed by atoms with van der Waals surface area (Å²) in [4.78, 5) is 8.85. The van der Waals surface area contributed by atoms with Crippen molar-refractivity contribution in [3.63, 3.8) is 0 Å². The van der Waals surface area contributed by atoms with E-state index >= 15 is 0 Å². The SMILES string of the molecule is COc1nc(NC(C)(C)C)nc2c1CNC2. The Kier molecular flexibility index (Phi) is 2.71. The van der Waals surface area contributed by atoms with E-state index < -0.39 is 0 Å². The molecule has 2 heterocycles. The van der Waals surface area contributed by atoms with E-state index in [0.29, 0.717) is 11.8 Å². The van der Waals surface area contributed by atoms with Crippen molar-refractivity contribution in [2.75, 3.05) is 12.4 Å². The van der Waals surface area contributed by atoms with Crippen LogP contribution in [0.15, 0.2) is 0 Å². The largest absolute Gasteiger partial charge is 0.481 e. The van der Waals surface area contributed by atoms with Crippen molar-refractivity contribution >= 4 is 5.95 Å². The molecule has 0 aliphatic carbocycles. The Hall–Kier alpha value is -1.36. The van der Waals surface area contributed by atoms with Gasteiger partial charge >= 0.3 is 0 Å². The van der Waals surface area contributed by atoms with Crippen LogP contribution in [0.3, 0.4) is 0 Å². The molecule has 0 bridgehead atoms. The number of fused-ring (bicyclic) bond motifs is 1. The molecule has 5 heteroatoms. The molecule has 0 saturated heterocycles. The molecule has 0 atom stereocenters. The molecule has 88 valence electrons. The summed E-state index contributed by atoms with van der Waals surface area (Å²) in [6.45, 7) is 7.80. The van der Waals surface area contributed by atoms with Crippen molar-refractivity contribution in [2.24, 2.45) is 0 Å². The lowest BCUT2D eigenvalue weighted by atomic mass is 10.1. The number of ether oxygens (including phenoxy) is 1. The van der Waals surface area contributed by atoms with Crippen LogP contribution in [0.25, 0.3) is 0 Å². The van der Waals surface area contributed by atoms with E-state index in [2.05, 4.69) is 41.4 Å². The van der Waals surface area contributed by atoms with Gasteiger partial charge in [0.1, 0.15) is 0 Å². The summed E-state index contributed by atoms with van der Waals surface area (Å²) in [5.41, 5.74) is 2.05. The number of methoxy groups -OCH3 is 1. The number of aromatic nitrogens is 2. The van der Waals surface area contributed by atoms with Crippen LogP contribution in [0.2, 0.25) is 0 Å². The molecule has 0 aromatic carbocycles. The fourth-order valence-electron chi connectivity index (χ4n) is 1.70. The van der Waals surface area contributed by atoms with Crippen LogP contribution in [-0.2, 0) is 13.1 Å². The minimum Gasteiger partial charge on any atom is -0.481 e. The van der Waals surface area contributed by atoms with Crippen molar-refractivity contribution in [3.05, 3.63) is 11.3 Å². The van der Waals surface area contributed by atoms with Crippen LogP contribution in [0, 0.1) is 0 Å². The first kappa shape index (κ1) is 11.1. The molecule has 1 aliphatic heterocycles. The summed E-state index contributed by atoms with van der Waals surface area (Å²) >= 11 is 0. The molecular formula is C11H18N4O. The molecule has 2 rings (SSSR count). The van der Waals surface area contributed by atoms with E-state index in [1.165, 1.54) is 0 Å². The second-order valence-corrected chi connectivity index (χ2v) is 4.96. The molecular weight excluding hydrogens is 204 g/mol. The highest BCUT2D eigenvalue weighted by atomic mass is 16.5. The number of anilines is 1. The number of hydrogen-bond donors (Lipinski definition) is 2. The van der Waals surface area contributed by atoms with Crippen molar-refractivity contribution < 1.29 is 4.74 Å². The third-order valence-corrected chi connectivity index (χ3v) is 2.33. The standard InChI is InChI=1S/C11H18N4O/c1-11(2,3)15-10-13-8-6-12-5-7(8)9(14-10)16-4/h12H,5-6H2,1-4H3,(H,13,14,15). The first-order valence-electron chi connectivity index (χ1n) is 5.42. The summed E-state index contributed by atoms with van der Waals surface area (Å²) < 4.78 is 5.28. The average Bonchev–Trinajstić information content (AvgIpc) is 2.61. The highest BCUT2D eigenvalue weighted by Crippen LogP contribution is 2.25. The van der Waals surface area contributed by atoms with Gasteiger partial charge in [0, 0.05) is 18.6 Å². The van der Waals surface area contributed by atoms with Gasteiger partial charge < -0.3 is 15.4 Å². The first-order chi connectivity index (χ1) is 7.49. The zero-order valence-corrected chi connectivity index (χ0v) is 10.2. The van der Waals surface area contributed by atoms with E-state index in [1.807, 2.05) is 0 Å². The normalized spacial score (nSPS) is 14.8. The van der Waals surface area contributed by atoms with Gasteiger partial charge in [0.05, 0.1) is 18.4 Å². The lowest BCUT2D eigenvalue weighted by Crippen LogP contribution is -2.27. The summed E-state index contributed by atoms with van der Waals surface area (Å²) in [6.07, 6.45) is 0. The summed E-state index contributed by atoms with van der Waals surface area (Å²) in [5.74, 6) is 1.30. The third-order valence-electron chi connectivity index (χ3n) is 2.33. The van der Waals surface area contributed by atoms with Gasteiger partial charge in [0.2, 0.25) is 11.8 Å². The highest BCUT2D eigenvalue weighted by Gasteiger charge is 2.21. The molecule has 0 amide bonds. The Morgan fingerprint density at radius 2 is 2.00 bits per heavy atom. The van der Waals surface area contributed by atoms with Crippen molar-refractivity contribution in [1.29, 1.82) is 0 Å². The van der Waals surface area contributed by atoms with Gasteiger partial charge in [0.15, 0.2) is 0 Å². The monoisotopic (exact) mass is 222 g/mol. The summed E-state index contributed by atoms with van der Waals surface area (Å²) in [6, 6.07) is 0. The zero-order chi connectivity index (χ0) is 11.8. The molecule has 0 saturated carbocycles. The second kappa shape index (κ2) is 3.90. The molecule has 2 N–H and O–H groups in total. The van der Waals surface area contributed by atoms with Gasteiger partial charge in [-0.25, -0.2) is 4.98 Å². The lowest BCUT2D eigenvalue weighted by molar-refractivity contribution is 0.391. The molecule has 1 aliphatic rings. The maximum absolute atomic E-state index is 5.28. The molecule has 0 radical (unpaired) electrons. The van der Waals surface area contributed by atoms with Gasteiger partial charge in [-0.2, -0.15) is 4.98 Å². The van der Waals surface area contributed by atoms with E-state index in [-0.39, 0.29) is 5.54 Å². The Morgan fingerprint density at radius 1 is 1.25 bits per heavy atom. The predicted molar refractivity (Wildman–Crippen MR) is 62.5 cm³/mol. The molecule has 0 fully saturated rings. The molecule has 16 heavy (non-hydrogen) atoms. The van der Waals surface area contributed by atoms with Gasteiger partial charge in [-0.15, -0.1) is 0 Å². The van der Waals surface area contributed by atoms with Crippen LogP contribution in [-0.4, -0.2) is 22.6 Å². The fourth-order valence-corrected chi connectivity index (χ4v) is 1.70. The highest BCUT2D eigenvalue weighted by molar-refractivity contribution is 5.41. The molecule has 1 aromatic rings. The fraction of sp³-hybridized carbons (Fsp3) is 0.636. The maximum Gasteiger partial charge on any atom is 0.226 e. The quantitative estimate of drug-likeness (QED) is 0.790. The van der Waals surface area contributed by atoms with Crippen LogP contribution in [0.1, 0.15) is 32.0 Å². The van der Waals surface area contributed by atoms with Crippen molar-refractivity contribution in [1.82, 2.24) is 15.3 Å². The van der Waals surface area contributed by atoms with E-state index in [9.17, 15) is 0 Å². The van der Waals surface area contributed by atoms with Gasteiger partial charge in [0.25, 0.3) is 0 Å². The Morgan fingerprint density at radius 3 is 2.62 bits per heavy atom. The van der Waals surface area contributed by atoms with Crippen LogP contribution >= 0.6 is 0 Å². The summed E-state index contributed by atoms with van der Waals surface area (Å²) in [7, 11) is 1.64. The van der Waals surface area contributed by atoms with Gasteiger partial charge in [-0.1, -0.05) is 0 Å². The minimum absolute atomic E-state index is 0.0503. The van der Waals surface area contributed by atoms with Crippen LogP contribution in [0.4, 0.5) is 5.95 Å². The van der Waals surface area contributed by atoms with Crippen molar-refractivity contribution in [2.45, 2.75) is 39.4 Å². The van der Waals surface area contributed by atoms with E-state index in [4.69, 9.17) is 4.74 Å². The second-order valence-electron chi connectivity index (χ2n) is 4.96. The average molecular weight is 222 g/mol. The Labute approximate surface area is 95.6 Å². The van der Waals surface area contributed by atoms with Gasteiger partial charge in [-0.3, -0.25) is 0 Å². The minimum atomic E-state index is -0.0503. The van der Waals surface area contributed by atoms with E-state index in [1.54, 1.807) is 7.11 Å². The maximum atomic E-state index is 5.28. The van der Waals surface area contributed by atoms with Gasteiger partial charge in [-0.05, 0) is 20.8 Å². The van der Waals surface area contributed by atoms with E-state index in [0.717, 1.165) is 24.3 Å². The number of rotatable bonds is 2. The molecule has 0 spiro atoms. The molecule has 1 aromatic heterocycles. The van der Waals surface area contributed by atoms with Crippen LogP contribution in [0.5, 0.6) is 5.88 Å². The number of nitrogens with zero attached hydrogens (tertiary/aromatic N) is 2. The number of hydrogen-bond acceptors (Lipinski definition) is 5. The zero-order valence-electron chi connectivity index (χ0n) is 10.2. The lowest BCUT2D eigenvalue weighted by Gasteiger charge is -2.21. The topological polar surface area (TPSA) is 59.1 Å². The summed E-state index contributed by atoms with van der Waals surface area (Å²) in [5, 5.41) is 6.50. The third kappa shape index (κ3) is 2.24. The Bertz CT molecular complexity index is 398. The smallest absolute Gasteiger partial charge is 0.226 e. The van der Waals surface area contributed by atoms with Crippen molar-refractivity contribution in [3.8, 4) is 5.88 Å². The predicted octanol–water partition coefficient (Wildman–Crippen LogP) is 1.30. The first-order valence-corrected chi connectivity index (χ1v) is 5.42. The number of nitrogens with one attached hydrogen (secondary N) is 2.